The van der Waals surface area contributed by atoms with E-state index < -0.39 is 5.97 Å². The van der Waals surface area contributed by atoms with Gasteiger partial charge in [0.15, 0.2) is 0 Å². The van der Waals surface area contributed by atoms with E-state index in [4.69, 9.17) is 5.11 Å². The minimum atomic E-state index is -0.567. The number of rotatable bonds is 1. The van der Waals surface area contributed by atoms with Gasteiger partial charge in [0.2, 0.25) is 0 Å². The van der Waals surface area contributed by atoms with Crippen molar-refractivity contribution in [1.82, 2.24) is 0 Å². The van der Waals surface area contributed by atoms with Gasteiger partial charge in [0, 0.05) is 0 Å². The van der Waals surface area contributed by atoms with Crippen LogP contribution in [-0.4, -0.2) is 11.1 Å². The van der Waals surface area contributed by atoms with E-state index in [1.807, 2.05) is 0 Å². The lowest BCUT2D eigenvalue weighted by Gasteiger charge is -2.27. The SMILES string of the molecule is O=C(O)C1C2C=CC3(CCCC13)C2. The van der Waals surface area contributed by atoms with Crippen LogP contribution >= 0.6 is 0 Å². The Labute approximate surface area is 77.6 Å². The Morgan fingerprint density at radius 1 is 1.54 bits per heavy atom. The molecule has 13 heavy (non-hydrogen) atoms. The zero-order valence-corrected chi connectivity index (χ0v) is 7.57. The minimum absolute atomic E-state index is 0.0625. The highest BCUT2D eigenvalue weighted by Crippen LogP contribution is 2.63. The van der Waals surface area contributed by atoms with E-state index >= 15 is 0 Å². The van der Waals surface area contributed by atoms with E-state index in [0.717, 1.165) is 12.8 Å². The van der Waals surface area contributed by atoms with Crippen molar-refractivity contribution in [1.29, 1.82) is 0 Å². The third-order valence-corrected chi connectivity index (χ3v) is 4.37. The Balaban J connectivity index is 2.02. The van der Waals surface area contributed by atoms with Crippen molar-refractivity contribution in [2.45, 2.75) is 25.7 Å². The van der Waals surface area contributed by atoms with Gasteiger partial charge in [-0.05, 0) is 36.5 Å². The minimum Gasteiger partial charge on any atom is -0.481 e. The number of fused-ring (bicyclic) bond motifs is 1. The highest BCUT2D eigenvalue weighted by molar-refractivity contribution is 5.72. The summed E-state index contributed by atoms with van der Waals surface area (Å²) in [5, 5.41) is 9.15. The number of carboxylic acid groups (broad SMARTS) is 1. The van der Waals surface area contributed by atoms with Crippen molar-refractivity contribution >= 4 is 5.97 Å². The molecule has 0 radical (unpaired) electrons. The van der Waals surface area contributed by atoms with Gasteiger partial charge in [-0.2, -0.15) is 0 Å². The van der Waals surface area contributed by atoms with E-state index in [1.165, 1.54) is 12.8 Å². The van der Waals surface area contributed by atoms with Crippen LogP contribution in [0.2, 0.25) is 0 Å². The zero-order valence-electron chi connectivity index (χ0n) is 7.57. The summed E-state index contributed by atoms with van der Waals surface area (Å²) in [7, 11) is 0. The molecule has 3 aliphatic carbocycles. The van der Waals surface area contributed by atoms with E-state index in [1.54, 1.807) is 0 Å². The van der Waals surface area contributed by atoms with Gasteiger partial charge in [0.1, 0.15) is 0 Å². The number of carboxylic acids is 1. The number of hydrogen-bond acceptors (Lipinski definition) is 1. The van der Waals surface area contributed by atoms with Gasteiger partial charge >= 0.3 is 5.97 Å². The quantitative estimate of drug-likeness (QED) is 0.624. The molecule has 0 aliphatic heterocycles. The first-order chi connectivity index (χ1) is 6.23. The van der Waals surface area contributed by atoms with Crippen LogP contribution in [0.3, 0.4) is 0 Å². The van der Waals surface area contributed by atoms with Crippen LogP contribution in [0.1, 0.15) is 25.7 Å². The fourth-order valence-electron chi connectivity index (χ4n) is 3.91. The lowest BCUT2D eigenvalue weighted by atomic mass is 9.76. The smallest absolute Gasteiger partial charge is 0.307 e. The average molecular weight is 178 g/mol. The second kappa shape index (κ2) is 2.17. The van der Waals surface area contributed by atoms with Crippen LogP contribution in [0.4, 0.5) is 0 Å². The third kappa shape index (κ3) is 0.767. The molecule has 0 aromatic carbocycles. The Kier molecular flexibility index (Phi) is 1.27. The number of hydrogen-bond donors (Lipinski definition) is 1. The van der Waals surface area contributed by atoms with Gasteiger partial charge < -0.3 is 5.11 Å². The molecule has 2 saturated carbocycles. The molecule has 4 atom stereocenters. The van der Waals surface area contributed by atoms with Crippen molar-refractivity contribution < 1.29 is 9.90 Å². The second-order valence-corrected chi connectivity index (χ2v) is 4.82. The summed E-state index contributed by atoms with van der Waals surface area (Å²) in [5.41, 5.74) is 0.313. The maximum atomic E-state index is 11.1. The molecular formula is C11H14O2. The molecule has 3 aliphatic rings. The van der Waals surface area contributed by atoms with Crippen LogP contribution in [0.15, 0.2) is 12.2 Å². The molecule has 2 fully saturated rings. The predicted octanol–water partition coefficient (Wildman–Crippen LogP) is 2.06. The van der Waals surface area contributed by atoms with Crippen LogP contribution < -0.4 is 0 Å². The molecule has 2 nitrogen and oxygen atoms in total. The normalized spacial score (nSPS) is 51.2. The average Bonchev–Trinajstić information content (AvgIpc) is 2.67. The number of allylic oxidation sites excluding steroid dienone is 2. The van der Waals surface area contributed by atoms with Crippen molar-refractivity contribution in [3.63, 3.8) is 0 Å². The molecule has 0 aromatic rings. The summed E-state index contributed by atoms with van der Waals surface area (Å²) in [4.78, 5) is 11.1. The van der Waals surface area contributed by atoms with Gasteiger partial charge in [0.25, 0.3) is 0 Å². The number of aliphatic carboxylic acids is 1. The zero-order chi connectivity index (χ0) is 9.05. The molecule has 70 valence electrons. The summed E-state index contributed by atoms with van der Waals surface area (Å²) in [6.07, 6.45) is 9.18. The first-order valence-electron chi connectivity index (χ1n) is 5.15. The van der Waals surface area contributed by atoms with Gasteiger partial charge in [-0.15, -0.1) is 0 Å². The summed E-state index contributed by atoms with van der Waals surface area (Å²) in [6, 6.07) is 0. The summed E-state index contributed by atoms with van der Waals surface area (Å²) < 4.78 is 0. The van der Waals surface area contributed by atoms with Crippen molar-refractivity contribution in [3.05, 3.63) is 12.2 Å². The molecule has 2 heteroatoms. The molecule has 0 heterocycles. The van der Waals surface area contributed by atoms with Crippen molar-refractivity contribution in [3.8, 4) is 0 Å². The summed E-state index contributed by atoms with van der Waals surface area (Å²) in [5.74, 6) is 0.179. The highest BCUT2D eigenvalue weighted by atomic mass is 16.4. The van der Waals surface area contributed by atoms with E-state index in [9.17, 15) is 4.79 Å². The molecule has 4 unspecified atom stereocenters. The maximum Gasteiger partial charge on any atom is 0.307 e. The molecule has 1 N–H and O–H groups in total. The Bertz CT molecular complexity index is 294. The van der Waals surface area contributed by atoms with Crippen LogP contribution in [0.25, 0.3) is 0 Å². The van der Waals surface area contributed by atoms with Gasteiger partial charge in [-0.3, -0.25) is 4.79 Å². The van der Waals surface area contributed by atoms with E-state index in [0.29, 0.717) is 17.3 Å². The van der Waals surface area contributed by atoms with Crippen LogP contribution in [0, 0.1) is 23.2 Å². The Morgan fingerprint density at radius 3 is 3.15 bits per heavy atom. The second-order valence-electron chi connectivity index (χ2n) is 4.82. The first-order valence-corrected chi connectivity index (χ1v) is 5.15. The number of carbonyl (C=O) groups is 1. The van der Waals surface area contributed by atoms with Crippen LogP contribution in [-0.2, 0) is 4.79 Å². The van der Waals surface area contributed by atoms with Crippen molar-refractivity contribution in [2.75, 3.05) is 0 Å². The van der Waals surface area contributed by atoms with Gasteiger partial charge in [-0.25, -0.2) is 0 Å². The molecular weight excluding hydrogens is 164 g/mol. The highest BCUT2D eigenvalue weighted by Gasteiger charge is 2.58. The van der Waals surface area contributed by atoms with Gasteiger partial charge in [0.05, 0.1) is 5.92 Å². The first kappa shape index (κ1) is 7.60. The molecule has 3 rings (SSSR count). The van der Waals surface area contributed by atoms with Gasteiger partial charge in [-0.1, -0.05) is 18.6 Å². The Hall–Kier alpha value is -0.790. The fraction of sp³-hybridized carbons (Fsp3) is 0.727. The maximum absolute atomic E-state index is 11.1. The summed E-state index contributed by atoms with van der Waals surface area (Å²) >= 11 is 0. The van der Waals surface area contributed by atoms with E-state index in [2.05, 4.69) is 12.2 Å². The molecule has 1 spiro atoms. The molecule has 2 bridgehead atoms. The monoisotopic (exact) mass is 178 g/mol. The predicted molar refractivity (Wildman–Crippen MR) is 48.1 cm³/mol. The largest absolute Gasteiger partial charge is 0.481 e. The lowest BCUT2D eigenvalue weighted by molar-refractivity contribution is -0.144. The molecule has 0 saturated heterocycles. The lowest BCUT2D eigenvalue weighted by Crippen LogP contribution is -2.29. The molecule has 0 amide bonds. The topological polar surface area (TPSA) is 37.3 Å². The Morgan fingerprint density at radius 2 is 2.38 bits per heavy atom. The van der Waals surface area contributed by atoms with Crippen LogP contribution in [0.5, 0.6) is 0 Å². The standard InChI is InChI=1S/C11H14O2/c12-10(13)9-7-3-5-11(6-7)4-1-2-8(9)11/h3,5,7-9H,1-2,4,6H2,(H,12,13). The van der Waals surface area contributed by atoms with E-state index in [-0.39, 0.29) is 5.92 Å². The van der Waals surface area contributed by atoms with Crippen molar-refractivity contribution in [2.24, 2.45) is 23.2 Å². The summed E-state index contributed by atoms with van der Waals surface area (Å²) in [6.45, 7) is 0. The fourth-order valence-corrected chi connectivity index (χ4v) is 3.91. The molecule has 0 aromatic heterocycles. The third-order valence-electron chi connectivity index (χ3n) is 4.37.